The van der Waals surface area contributed by atoms with Gasteiger partial charge in [-0.3, -0.25) is 0 Å². The molecule has 1 rings (SSSR count). The van der Waals surface area contributed by atoms with E-state index in [0.29, 0.717) is 11.1 Å². The van der Waals surface area contributed by atoms with E-state index < -0.39 is 0 Å². The lowest BCUT2D eigenvalue weighted by molar-refractivity contribution is 0.471. The number of hydrogen-bond acceptors (Lipinski definition) is 2. The molecule has 0 saturated carbocycles. The number of phenols is 1. The van der Waals surface area contributed by atoms with Crippen LogP contribution in [-0.2, 0) is 0 Å². The van der Waals surface area contributed by atoms with Crippen molar-refractivity contribution in [3.63, 3.8) is 0 Å². The summed E-state index contributed by atoms with van der Waals surface area (Å²) in [5.74, 6) is 0.180. The summed E-state index contributed by atoms with van der Waals surface area (Å²) in [7, 11) is 0. The predicted molar refractivity (Wildman–Crippen MR) is 44.8 cm³/mol. The van der Waals surface area contributed by atoms with Crippen LogP contribution in [0, 0.1) is 18.3 Å². The van der Waals surface area contributed by atoms with Gasteiger partial charge >= 0.3 is 0 Å². The largest absolute Gasteiger partial charge is 0.508 e. The summed E-state index contributed by atoms with van der Waals surface area (Å²) < 4.78 is 0. The number of nitriles is 1. The molecular weight excluding hydrogens is 162 g/mol. The van der Waals surface area contributed by atoms with Gasteiger partial charge in [0.25, 0.3) is 0 Å². The summed E-state index contributed by atoms with van der Waals surface area (Å²) >= 11 is 0. The fraction of sp³-hybridized carbons (Fsp3) is 0.125. The van der Waals surface area contributed by atoms with Crippen LogP contribution in [-0.4, -0.2) is 5.11 Å². The zero-order chi connectivity index (χ0) is 7.56. The second kappa shape index (κ2) is 3.85. The Morgan fingerprint density at radius 2 is 2.09 bits per heavy atom. The first-order valence-corrected chi connectivity index (χ1v) is 2.94. The molecule has 0 radical (unpaired) electrons. The third-order valence-corrected chi connectivity index (χ3v) is 1.43. The summed E-state index contributed by atoms with van der Waals surface area (Å²) in [5, 5.41) is 17.6. The molecule has 0 aliphatic carbocycles. The maximum Gasteiger partial charge on any atom is 0.119 e. The lowest BCUT2D eigenvalue weighted by Gasteiger charge is -1.97. The number of nitrogens with zero attached hydrogens (tertiary/aromatic N) is 1. The van der Waals surface area contributed by atoms with E-state index in [0.717, 1.165) is 0 Å². The monoisotopic (exact) mass is 169 g/mol. The minimum Gasteiger partial charge on any atom is -0.508 e. The predicted octanol–water partition coefficient (Wildman–Crippen LogP) is 1.99. The van der Waals surface area contributed by atoms with Gasteiger partial charge in [0.15, 0.2) is 0 Å². The zero-order valence-corrected chi connectivity index (χ0v) is 6.85. The highest BCUT2D eigenvalue weighted by molar-refractivity contribution is 5.85. The molecule has 0 aliphatic heterocycles. The molecule has 1 aromatic rings. The third kappa shape index (κ3) is 1.86. The first kappa shape index (κ1) is 9.80. The zero-order valence-electron chi connectivity index (χ0n) is 6.03. The Hall–Kier alpha value is -1.20. The van der Waals surface area contributed by atoms with Gasteiger partial charge in [0.05, 0.1) is 11.6 Å². The molecule has 11 heavy (non-hydrogen) atoms. The van der Waals surface area contributed by atoms with E-state index in [4.69, 9.17) is 10.4 Å². The van der Waals surface area contributed by atoms with Gasteiger partial charge in [0.1, 0.15) is 5.75 Å². The molecule has 58 valence electrons. The van der Waals surface area contributed by atoms with Crippen LogP contribution < -0.4 is 0 Å². The van der Waals surface area contributed by atoms with Gasteiger partial charge in [-0.15, -0.1) is 12.4 Å². The molecule has 1 aromatic carbocycles. The van der Waals surface area contributed by atoms with E-state index in [2.05, 4.69) is 0 Å². The van der Waals surface area contributed by atoms with Gasteiger partial charge in [-0.2, -0.15) is 5.26 Å². The third-order valence-electron chi connectivity index (χ3n) is 1.43. The average molecular weight is 170 g/mol. The van der Waals surface area contributed by atoms with Gasteiger partial charge < -0.3 is 5.11 Å². The van der Waals surface area contributed by atoms with Crippen LogP contribution in [0.3, 0.4) is 0 Å². The van der Waals surface area contributed by atoms with Crippen molar-refractivity contribution in [2.45, 2.75) is 6.92 Å². The van der Waals surface area contributed by atoms with Crippen LogP contribution in [0.25, 0.3) is 0 Å². The van der Waals surface area contributed by atoms with E-state index >= 15 is 0 Å². The highest BCUT2D eigenvalue weighted by atomic mass is 35.5. The Balaban J connectivity index is 0.000001000. The second-order valence-corrected chi connectivity index (χ2v) is 2.06. The normalized spacial score (nSPS) is 8.00. The van der Waals surface area contributed by atoms with E-state index in [-0.39, 0.29) is 18.2 Å². The van der Waals surface area contributed by atoms with E-state index in [9.17, 15) is 0 Å². The molecule has 0 saturated heterocycles. The molecular formula is C8H8ClNO. The maximum absolute atomic E-state index is 9.08. The number of aromatic hydroxyl groups is 1. The minimum atomic E-state index is 0. The van der Waals surface area contributed by atoms with Gasteiger partial charge in [0.2, 0.25) is 0 Å². The minimum absolute atomic E-state index is 0. The first-order chi connectivity index (χ1) is 4.75. The molecule has 0 spiro atoms. The summed E-state index contributed by atoms with van der Waals surface area (Å²) in [5.41, 5.74) is 1.17. The smallest absolute Gasteiger partial charge is 0.119 e. The molecule has 0 aromatic heterocycles. The van der Waals surface area contributed by atoms with Crippen molar-refractivity contribution in [1.82, 2.24) is 0 Å². The van der Waals surface area contributed by atoms with Gasteiger partial charge in [-0.1, -0.05) is 6.07 Å². The Labute approximate surface area is 71.5 Å². The highest BCUT2D eigenvalue weighted by Gasteiger charge is 1.98. The lowest BCUT2D eigenvalue weighted by Crippen LogP contribution is -1.80. The van der Waals surface area contributed by atoms with E-state index in [1.54, 1.807) is 25.1 Å². The topological polar surface area (TPSA) is 44.0 Å². The standard InChI is InChI=1S/C8H7NO.ClH/c1-6-7(5-9)3-2-4-8(6)10;/h2-4,10H,1H3;1H. The molecule has 0 atom stereocenters. The van der Waals surface area contributed by atoms with Crippen molar-refractivity contribution >= 4 is 12.4 Å². The van der Waals surface area contributed by atoms with Crippen LogP contribution in [0.1, 0.15) is 11.1 Å². The van der Waals surface area contributed by atoms with Crippen molar-refractivity contribution < 1.29 is 5.11 Å². The number of rotatable bonds is 0. The number of phenolic OH excluding ortho intramolecular Hbond substituents is 1. The van der Waals surface area contributed by atoms with Crippen LogP contribution in [0.2, 0.25) is 0 Å². The fourth-order valence-corrected chi connectivity index (χ4v) is 0.745. The first-order valence-electron chi connectivity index (χ1n) is 2.94. The van der Waals surface area contributed by atoms with Gasteiger partial charge in [-0.25, -0.2) is 0 Å². The van der Waals surface area contributed by atoms with Crippen molar-refractivity contribution in [2.75, 3.05) is 0 Å². The molecule has 0 aliphatic rings. The van der Waals surface area contributed by atoms with E-state index in [1.807, 2.05) is 6.07 Å². The van der Waals surface area contributed by atoms with Crippen LogP contribution >= 0.6 is 12.4 Å². The molecule has 0 heterocycles. The van der Waals surface area contributed by atoms with Crippen molar-refractivity contribution in [1.29, 1.82) is 5.26 Å². The lowest BCUT2D eigenvalue weighted by atomic mass is 10.1. The summed E-state index contributed by atoms with van der Waals surface area (Å²) in [4.78, 5) is 0. The summed E-state index contributed by atoms with van der Waals surface area (Å²) in [6, 6.07) is 6.87. The molecule has 0 fully saturated rings. The Kier molecular flexibility index (Phi) is 3.43. The SMILES string of the molecule is Cc1c(O)cccc1C#N.Cl. The summed E-state index contributed by atoms with van der Waals surface area (Å²) in [6.45, 7) is 1.72. The second-order valence-electron chi connectivity index (χ2n) is 2.06. The fourth-order valence-electron chi connectivity index (χ4n) is 0.745. The quantitative estimate of drug-likeness (QED) is 0.646. The maximum atomic E-state index is 9.08. The van der Waals surface area contributed by atoms with Crippen LogP contribution in [0.15, 0.2) is 18.2 Å². The van der Waals surface area contributed by atoms with Crippen molar-refractivity contribution in [3.05, 3.63) is 29.3 Å². The van der Waals surface area contributed by atoms with Crippen molar-refractivity contribution in [3.8, 4) is 11.8 Å². The summed E-state index contributed by atoms with van der Waals surface area (Å²) in [6.07, 6.45) is 0. The number of halogens is 1. The number of benzene rings is 1. The highest BCUT2D eigenvalue weighted by Crippen LogP contribution is 2.17. The number of hydrogen-bond donors (Lipinski definition) is 1. The molecule has 1 N–H and O–H groups in total. The van der Waals surface area contributed by atoms with Crippen LogP contribution in [0.5, 0.6) is 5.75 Å². The van der Waals surface area contributed by atoms with E-state index in [1.165, 1.54) is 0 Å². The van der Waals surface area contributed by atoms with Crippen LogP contribution in [0.4, 0.5) is 0 Å². The van der Waals surface area contributed by atoms with Crippen molar-refractivity contribution in [2.24, 2.45) is 0 Å². The molecule has 0 unspecified atom stereocenters. The van der Waals surface area contributed by atoms with Gasteiger partial charge in [-0.05, 0) is 19.1 Å². The molecule has 2 nitrogen and oxygen atoms in total. The Bertz CT molecular complexity index is 291. The molecule has 0 amide bonds. The Morgan fingerprint density at radius 1 is 1.45 bits per heavy atom. The molecule has 3 heteroatoms. The Morgan fingerprint density at radius 3 is 2.55 bits per heavy atom. The van der Waals surface area contributed by atoms with Gasteiger partial charge in [0, 0.05) is 5.56 Å². The average Bonchev–Trinajstić information content (AvgIpc) is 1.95. The molecule has 0 bridgehead atoms.